The zero-order valence-corrected chi connectivity index (χ0v) is 15.7. The molecule has 3 heterocycles. The normalized spacial score (nSPS) is 11.3. The Morgan fingerprint density at radius 1 is 0.964 bits per heavy atom. The van der Waals surface area contributed by atoms with Crippen molar-refractivity contribution in [3.8, 4) is 22.8 Å². The molecule has 28 heavy (non-hydrogen) atoms. The van der Waals surface area contributed by atoms with E-state index in [0.717, 1.165) is 22.0 Å². The molecule has 10 heteroatoms. The Morgan fingerprint density at radius 3 is 2.36 bits per heavy atom. The zero-order chi connectivity index (χ0) is 19.7. The highest BCUT2D eigenvalue weighted by Crippen LogP contribution is 2.30. The van der Waals surface area contributed by atoms with Crippen LogP contribution in [-0.2, 0) is 7.05 Å². The van der Waals surface area contributed by atoms with Crippen molar-refractivity contribution >= 4 is 11.8 Å². The van der Waals surface area contributed by atoms with Gasteiger partial charge in [-0.05, 0) is 55.1 Å². The minimum Gasteiger partial charge on any atom is -0.415 e. The van der Waals surface area contributed by atoms with Gasteiger partial charge in [-0.1, -0.05) is 0 Å². The van der Waals surface area contributed by atoms with Gasteiger partial charge in [-0.25, -0.2) is 0 Å². The van der Waals surface area contributed by atoms with E-state index in [9.17, 15) is 8.78 Å². The molecule has 0 unspecified atom stereocenters. The van der Waals surface area contributed by atoms with Crippen molar-refractivity contribution in [1.82, 2.24) is 29.9 Å². The molecule has 0 saturated carbocycles. The van der Waals surface area contributed by atoms with E-state index in [1.165, 1.54) is 11.8 Å². The third-order valence-electron chi connectivity index (χ3n) is 3.94. The van der Waals surface area contributed by atoms with Gasteiger partial charge in [0.25, 0.3) is 5.89 Å². The van der Waals surface area contributed by atoms with Gasteiger partial charge in [0.15, 0.2) is 11.0 Å². The van der Waals surface area contributed by atoms with E-state index >= 15 is 0 Å². The van der Waals surface area contributed by atoms with E-state index in [1.807, 2.05) is 42.8 Å². The molecule has 0 N–H and O–H groups in total. The number of benzene rings is 1. The molecule has 0 atom stereocenters. The first-order valence-corrected chi connectivity index (χ1v) is 9.05. The SMILES string of the molecule is Cc1ccc(-c2nnc(Sc3ccc(-c4nnc(C(F)F)o4)cc3)n2C)cn1. The number of nitrogens with zero attached hydrogens (tertiary/aromatic N) is 6. The van der Waals surface area contributed by atoms with E-state index in [1.54, 1.807) is 18.3 Å². The molecule has 0 aliphatic rings. The molecule has 4 rings (SSSR count). The van der Waals surface area contributed by atoms with E-state index in [4.69, 9.17) is 4.42 Å². The Bertz CT molecular complexity index is 1090. The third-order valence-corrected chi connectivity index (χ3v) is 4.99. The van der Waals surface area contributed by atoms with Gasteiger partial charge in [-0.2, -0.15) is 8.78 Å². The Labute approximate surface area is 162 Å². The summed E-state index contributed by atoms with van der Waals surface area (Å²) in [5, 5.41) is 16.2. The molecule has 0 saturated heterocycles. The van der Waals surface area contributed by atoms with Gasteiger partial charge >= 0.3 is 6.43 Å². The summed E-state index contributed by atoms with van der Waals surface area (Å²) in [5.74, 6) is 0.0855. The van der Waals surface area contributed by atoms with E-state index in [2.05, 4.69) is 25.4 Å². The van der Waals surface area contributed by atoms with Gasteiger partial charge in [0.2, 0.25) is 5.89 Å². The Balaban J connectivity index is 1.52. The van der Waals surface area contributed by atoms with Crippen molar-refractivity contribution in [3.63, 3.8) is 0 Å². The standard InChI is InChI=1S/C18H14F2N6OS/c1-10-3-4-12(9-21-10)15-22-25-18(26(15)2)28-13-7-5-11(6-8-13)16-23-24-17(27-16)14(19)20/h3-9,14H,1-2H3. The average Bonchev–Trinajstić information content (AvgIpc) is 3.32. The fourth-order valence-corrected chi connectivity index (χ4v) is 3.25. The lowest BCUT2D eigenvalue weighted by Gasteiger charge is -2.04. The Hall–Kier alpha value is -3.14. The summed E-state index contributed by atoms with van der Waals surface area (Å²) in [7, 11) is 1.89. The molecule has 0 spiro atoms. The number of aryl methyl sites for hydroxylation is 1. The first kappa shape index (κ1) is 18.2. The maximum absolute atomic E-state index is 12.6. The summed E-state index contributed by atoms with van der Waals surface area (Å²) in [6, 6.07) is 11.0. The van der Waals surface area contributed by atoms with E-state index in [-0.39, 0.29) is 5.89 Å². The monoisotopic (exact) mass is 400 g/mol. The summed E-state index contributed by atoms with van der Waals surface area (Å²) in [6.45, 7) is 1.92. The van der Waals surface area contributed by atoms with Crippen LogP contribution in [0.4, 0.5) is 8.78 Å². The van der Waals surface area contributed by atoms with Crippen LogP contribution in [0.1, 0.15) is 18.0 Å². The first-order chi connectivity index (χ1) is 13.5. The summed E-state index contributed by atoms with van der Waals surface area (Å²) in [4.78, 5) is 5.19. The molecule has 142 valence electrons. The highest BCUT2D eigenvalue weighted by atomic mass is 32.2. The minimum atomic E-state index is -2.79. The van der Waals surface area contributed by atoms with Crippen LogP contribution in [0.25, 0.3) is 22.8 Å². The molecule has 0 bridgehead atoms. The number of hydrogen-bond donors (Lipinski definition) is 0. The van der Waals surface area contributed by atoms with Crippen molar-refractivity contribution in [3.05, 3.63) is 54.2 Å². The van der Waals surface area contributed by atoms with Crippen molar-refractivity contribution in [1.29, 1.82) is 0 Å². The van der Waals surface area contributed by atoms with Crippen molar-refractivity contribution in [2.24, 2.45) is 7.05 Å². The molecule has 3 aromatic heterocycles. The Kier molecular flexibility index (Phi) is 4.86. The Morgan fingerprint density at radius 2 is 1.71 bits per heavy atom. The molecule has 0 aliphatic carbocycles. The quantitative estimate of drug-likeness (QED) is 0.493. The maximum Gasteiger partial charge on any atom is 0.314 e. The zero-order valence-electron chi connectivity index (χ0n) is 14.9. The molecule has 1 aromatic carbocycles. The van der Waals surface area contributed by atoms with Gasteiger partial charge in [-0.3, -0.25) is 4.98 Å². The molecule has 4 aromatic rings. The lowest BCUT2D eigenvalue weighted by atomic mass is 10.2. The number of pyridine rings is 1. The number of alkyl halides is 2. The van der Waals surface area contributed by atoms with Crippen LogP contribution in [0.5, 0.6) is 0 Å². The van der Waals surface area contributed by atoms with Gasteiger partial charge in [0.1, 0.15) is 0 Å². The smallest absolute Gasteiger partial charge is 0.314 e. The molecule has 0 aliphatic heterocycles. The largest absolute Gasteiger partial charge is 0.415 e. The van der Waals surface area contributed by atoms with E-state index in [0.29, 0.717) is 10.7 Å². The lowest BCUT2D eigenvalue weighted by Crippen LogP contribution is -1.95. The topological polar surface area (TPSA) is 82.5 Å². The number of rotatable bonds is 5. The van der Waals surface area contributed by atoms with Crippen LogP contribution >= 0.6 is 11.8 Å². The predicted molar refractivity (Wildman–Crippen MR) is 97.8 cm³/mol. The van der Waals surface area contributed by atoms with Crippen LogP contribution in [0, 0.1) is 6.92 Å². The summed E-state index contributed by atoms with van der Waals surface area (Å²) in [5.41, 5.74) is 2.38. The molecular formula is C18H14F2N6OS. The van der Waals surface area contributed by atoms with Crippen molar-refractivity contribution in [2.45, 2.75) is 23.4 Å². The second-order valence-corrected chi connectivity index (χ2v) is 6.97. The van der Waals surface area contributed by atoms with Crippen molar-refractivity contribution < 1.29 is 13.2 Å². The summed E-state index contributed by atoms with van der Waals surface area (Å²) >= 11 is 1.43. The summed E-state index contributed by atoms with van der Waals surface area (Å²) < 4.78 is 32.0. The fraction of sp³-hybridized carbons (Fsp3) is 0.167. The molecule has 0 radical (unpaired) electrons. The predicted octanol–water partition coefficient (Wildman–Crippen LogP) is 4.32. The highest BCUT2D eigenvalue weighted by Gasteiger charge is 2.17. The van der Waals surface area contributed by atoms with Gasteiger partial charge in [-0.15, -0.1) is 20.4 Å². The molecule has 0 amide bonds. The molecule has 0 fully saturated rings. The number of halogens is 2. The lowest BCUT2D eigenvalue weighted by molar-refractivity contribution is 0.116. The fourth-order valence-electron chi connectivity index (χ4n) is 2.47. The molecule has 7 nitrogen and oxygen atoms in total. The van der Waals surface area contributed by atoms with E-state index < -0.39 is 12.3 Å². The van der Waals surface area contributed by atoms with Crippen LogP contribution in [-0.4, -0.2) is 29.9 Å². The minimum absolute atomic E-state index is 0.0552. The van der Waals surface area contributed by atoms with Gasteiger partial charge in [0.05, 0.1) is 0 Å². The van der Waals surface area contributed by atoms with Crippen molar-refractivity contribution in [2.75, 3.05) is 0 Å². The number of hydrogen-bond acceptors (Lipinski definition) is 7. The second kappa shape index (κ2) is 7.47. The second-order valence-electron chi connectivity index (χ2n) is 5.93. The van der Waals surface area contributed by atoms with Crippen LogP contribution in [0.3, 0.4) is 0 Å². The van der Waals surface area contributed by atoms with Gasteiger partial charge in [0, 0.05) is 35.0 Å². The van der Waals surface area contributed by atoms with Crippen LogP contribution < -0.4 is 0 Å². The summed E-state index contributed by atoms with van der Waals surface area (Å²) in [6.07, 6.45) is -1.02. The molecular weight excluding hydrogens is 386 g/mol. The van der Waals surface area contributed by atoms with Crippen LogP contribution in [0.2, 0.25) is 0 Å². The average molecular weight is 400 g/mol. The van der Waals surface area contributed by atoms with Gasteiger partial charge < -0.3 is 8.98 Å². The number of aromatic nitrogens is 6. The third kappa shape index (κ3) is 3.63. The van der Waals surface area contributed by atoms with Crippen LogP contribution in [0.15, 0.2) is 57.1 Å². The first-order valence-electron chi connectivity index (χ1n) is 8.23. The highest BCUT2D eigenvalue weighted by molar-refractivity contribution is 7.99. The maximum atomic E-state index is 12.6.